The van der Waals surface area contributed by atoms with Crippen molar-refractivity contribution < 1.29 is 0 Å². The summed E-state index contributed by atoms with van der Waals surface area (Å²) in [5, 5.41) is 8.00. The molecule has 19 heavy (non-hydrogen) atoms. The highest BCUT2D eigenvalue weighted by Crippen LogP contribution is 2.36. The van der Waals surface area contributed by atoms with Crippen LogP contribution in [0, 0.1) is 0 Å². The molecule has 0 radical (unpaired) electrons. The second kappa shape index (κ2) is 5.63. The number of hydrogen-bond donors (Lipinski definition) is 1. The first-order valence-electron chi connectivity index (χ1n) is 7.73. The molecule has 3 rings (SSSR count). The fourth-order valence-corrected chi connectivity index (χ4v) is 3.81. The van der Waals surface area contributed by atoms with Crippen molar-refractivity contribution in [1.29, 1.82) is 0 Å². The quantitative estimate of drug-likeness (QED) is 0.880. The molecule has 1 N–H and O–H groups in total. The molecule has 4 heteroatoms. The number of aryl methyl sites for hydroxylation is 1. The van der Waals surface area contributed by atoms with Crippen LogP contribution in [0.5, 0.6) is 0 Å². The van der Waals surface area contributed by atoms with Gasteiger partial charge in [-0.1, -0.05) is 6.92 Å². The Balaban J connectivity index is 1.60. The van der Waals surface area contributed by atoms with E-state index >= 15 is 0 Å². The standard InChI is InChI=1S/C15H26N4/c1-3-6-16-13-7-14-4-5-15(8-13)19(14)11-12-9-17-18(2)10-12/h9-10,13-16H,3-8,11H2,1-2H3. The number of hydrogen-bond acceptors (Lipinski definition) is 3. The molecule has 2 saturated heterocycles. The van der Waals surface area contributed by atoms with Crippen LogP contribution in [0.1, 0.15) is 44.6 Å². The van der Waals surface area contributed by atoms with Gasteiger partial charge in [0.25, 0.3) is 0 Å². The summed E-state index contributed by atoms with van der Waals surface area (Å²) in [7, 11) is 2.00. The molecule has 1 aromatic heterocycles. The van der Waals surface area contributed by atoms with Crippen molar-refractivity contribution in [3.8, 4) is 0 Å². The van der Waals surface area contributed by atoms with Gasteiger partial charge in [0.15, 0.2) is 0 Å². The topological polar surface area (TPSA) is 33.1 Å². The molecule has 0 spiro atoms. The van der Waals surface area contributed by atoms with Crippen LogP contribution < -0.4 is 5.32 Å². The highest BCUT2D eigenvalue weighted by molar-refractivity contribution is 5.07. The molecule has 0 aromatic carbocycles. The second-order valence-corrected chi connectivity index (χ2v) is 6.20. The first kappa shape index (κ1) is 13.1. The van der Waals surface area contributed by atoms with Crippen LogP contribution in [0.4, 0.5) is 0 Å². The van der Waals surface area contributed by atoms with Crippen LogP contribution >= 0.6 is 0 Å². The molecule has 2 atom stereocenters. The Labute approximate surface area is 116 Å². The molecule has 3 heterocycles. The largest absolute Gasteiger partial charge is 0.314 e. The van der Waals surface area contributed by atoms with Gasteiger partial charge >= 0.3 is 0 Å². The summed E-state index contributed by atoms with van der Waals surface area (Å²) in [5.74, 6) is 0. The first-order chi connectivity index (χ1) is 9.26. The molecular formula is C15H26N4. The Bertz CT molecular complexity index is 400. The molecule has 1 aromatic rings. The van der Waals surface area contributed by atoms with Crippen molar-refractivity contribution in [2.24, 2.45) is 7.05 Å². The van der Waals surface area contributed by atoms with Gasteiger partial charge in [0.05, 0.1) is 6.20 Å². The van der Waals surface area contributed by atoms with E-state index in [0.717, 1.165) is 24.7 Å². The lowest BCUT2D eigenvalue weighted by atomic mass is 9.97. The van der Waals surface area contributed by atoms with Gasteiger partial charge in [-0.25, -0.2) is 0 Å². The van der Waals surface area contributed by atoms with Gasteiger partial charge < -0.3 is 5.32 Å². The van der Waals surface area contributed by atoms with E-state index in [-0.39, 0.29) is 0 Å². The first-order valence-corrected chi connectivity index (χ1v) is 7.73. The average molecular weight is 262 g/mol. The summed E-state index contributed by atoms with van der Waals surface area (Å²) in [4.78, 5) is 2.72. The van der Waals surface area contributed by atoms with E-state index < -0.39 is 0 Å². The maximum absolute atomic E-state index is 4.29. The minimum Gasteiger partial charge on any atom is -0.314 e. The lowest BCUT2D eigenvalue weighted by molar-refractivity contribution is 0.109. The minimum absolute atomic E-state index is 0.752. The van der Waals surface area contributed by atoms with Gasteiger partial charge in [0.1, 0.15) is 0 Å². The van der Waals surface area contributed by atoms with Crippen molar-refractivity contribution in [2.45, 2.75) is 63.7 Å². The minimum atomic E-state index is 0.752. The van der Waals surface area contributed by atoms with E-state index in [2.05, 4.69) is 28.4 Å². The van der Waals surface area contributed by atoms with Gasteiger partial charge in [-0.3, -0.25) is 9.58 Å². The van der Waals surface area contributed by atoms with E-state index in [0.29, 0.717) is 0 Å². The highest BCUT2D eigenvalue weighted by atomic mass is 15.3. The zero-order valence-corrected chi connectivity index (χ0v) is 12.2. The summed E-state index contributed by atoms with van der Waals surface area (Å²) in [5.41, 5.74) is 1.36. The number of piperidine rings is 1. The maximum Gasteiger partial charge on any atom is 0.0534 e. The third-order valence-electron chi connectivity index (χ3n) is 4.69. The third-order valence-corrected chi connectivity index (χ3v) is 4.69. The Morgan fingerprint density at radius 2 is 2.05 bits per heavy atom. The molecule has 0 saturated carbocycles. The number of nitrogens with one attached hydrogen (secondary N) is 1. The second-order valence-electron chi connectivity index (χ2n) is 6.20. The lowest BCUT2D eigenvalue weighted by Crippen LogP contribution is -2.48. The third kappa shape index (κ3) is 2.84. The predicted molar refractivity (Wildman–Crippen MR) is 76.9 cm³/mol. The van der Waals surface area contributed by atoms with Crippen molar-refractivity contribution in [3.05, 3.63) is 18.0 Å². The Hall–Kier alpha value is -0.870. The van der Waals surface area contributed by atoms with Crippen LogP contribution in [-0.2, 0) is 13.6 Å². The van der Waals surface area contributed by atoms with E-state index in [1.807, 2.05) is 17.9 Å². The number of fused-ring (bicyclic) bond motifs is 2. The molecule has 0 aliphatic carbocycles. The molecule has 106 valence electrons. The molecule has 2 bridgehead atoms. The van der Waals surface area contributed by atoms with Gasteiger partial charge in [0, 0.05) is 43.5 Å². The van der Waals surface area contributed by atoms with Crippen molar-refractivity contribution in [2.75, 3.05) is 6.54 Å². The number of rotatable bonds is 5. The van der Waals surface area contributed by atoms with Gasteiger partial charge in [0.2, 0.25) is 0 Å². The maximum atomic E-state index is 4.29. The molecule has 2 aliphatic rings. The van der Waals surface area contributed by atoms with E-state index in [4.69, 9.17) is 0 Å². The highest BCUT2D eigenvalue weighted by Gasteiger charge is 2.40. The molecule has 4 nitrogen and oxygen atoms in total. The summed E-state index contributed by atoms with van der Waals surface area (Å²) in [6.45, 7) is 4.51. The van der Waals surface area contributed by atoms with Gasteiger partial charge in [-0.05, 0) is 38.6 Å². The van der Waals surface area contributed by atoms with E-state index in [1.165, 1.54) is 44.2 Å². The zero-order valence-electron chi connectivity index (χ0n) is 12.2. The summed E-state index contributed by atoms with van der Waals surface area (Å²) < 4.78 is 1.91. The van der Waals surface area contributed by atoms with Crippen LogP contribution in [0.3, 0.4) is 0 Å². The molecule has 2 aliphatic heterocycles. The van der Waals surface area contributed by atoms with Crippen molar-refractivity contribution >= 4 is 0 Å². The number of nitrogens with zero attached hydrogens (tertiary/aromatic N) is 3. The smallest absolute Gasteiger partial charge is 0.0534 e. The van der Waals surface area contributed by atoms with Crippen LogP contribution in [0.15, 0.2) is 12.4 Å². The SMILES string of the molecule is CCCNC1CC2CCC(C1)N2Cc1cnn(C)c1. The normalized spacial score (nSPS) is 30.9. The molecule has 0 amide bonds. The van der Waals surface area contributed by atoms with Gasteiger partial charge in [-0.15, -0.1) is 0 Å². The Morgan fingerprint density at radius 1 is 1.32 bits per heavy atom. The van der Waals surface area contributed by atoms with E-state index in [9.17, 15) is 0 Å². The van der Waals surface area contributed by atoms with E-state index in [1.54, 1.807) is 0 Å². The predicted octanol–water partition coefficient (Wildman–Crippen LogP) is 1.92. The van der Waals surface area contributed by atoms with Crippen molar-refractivity contribution in [1.82, 2.24) is 20.0 Å². The Morgan fingerprint density at radius 3 is 2.63 bits per heavy atom. The summed E-state index contributed by atoms with van der Waals surface area (Å²) in [6, 6.07) is 2.32. The molecule has 2 unspecified atom stereocenters. The van der Waals surface area contributed by atoms with Crippen LogP contribution in [0.2, 0.25) is 0 Å². The van der Waals surface area contributed by atoms with Crippen LogP contribution in [0.25, 0.3) is 0 Å². The fourth-order valence-electron chi connectivity index (χ4n) is 3.81. The monoisotopic (exact) mass is 262 g/mol. The Kier molecular flexibility index (Phi) is 3.89. The van der Waals surface area contributed by atoms with Gasteiger partial charge in [-0.2, -0.15) is 5.10 Å². The zero-order chi connectivity index (χ0) is 13.2. The summed E-state index contributed by atoms with van der Waals surface area (Å²) in [6.07, 6.45) is 10.8. The average Bonchev–Trinajstić information content (AvgIpc) is 2.89. The lowest BCUT2D eigenvalue weighted by Gasteiger charge is -2.39. The van der Waals surface area contributed by atoms with Crippen molar-refractivity contribution in [3.63, 3.8) is 0 Å². The number of aromatic nitrogens is 2. The van der Waals surface area contributed by atoms with Crippen LogP contribution in [-0.4, -0.2) is 39.4 Å². The summed E-state index contributed by atoms with van der Waals surface area (Å²) >= 11 is 0. The fraction of sp³-hybridized carbons (Fsp3) is 0.800. The molecular weight excluding hydrogens is 236 g/mol. The molecule has 2 fully saturated rings.